The van der Waals surface area contributed by atoms with Crippen molar-refractivity contribution in [2.45, 2.75) is 43.6 Å². The van der Waals surface area contributed by atoms with E-state index in [-0.39, 0.29) is 23.8 Å². The molecule has 1 aromatic heterocycles. The molecule has 0 aliphatic carbocycles. The highest BCUT2D eigenvalue weighted by atomic mass is 35.5. The molecule has 2 aromatic rings. The van der Waals surface area contributed by atoms with Crippen LogP contribution in [0.3, 0.4) is 0 Å². The van der Waals surface area contributed by atoms with Crippen LogP contribution in [0.2, 0.25) is 5.02 Å². The van der Waals surface area contributed by atoms with Crippen LogP contribution in [0.25, 0.3) is 0 Å². The minimum absolute atomic E-state index is 0.0703. The van der Waals surface area contributed by atoms with Crippen LogP contribution in [0.15, 0.2) is 29.4 Å². The Morgan fingerprint density at radius 3 is 3.00 bits per heavy atom. The lowest BCUT2D eigenvalue weighted by atomic mass is 10.1. The van der Waals surface area contributed by atoms with Crippen LogP contribution in [0, 0.1) is 0 Å². The van der Waals surface area contributed by atoms with Gasteiger partial charge < -0.3 is 10.1 Å². The molecule has 0 spiro atoms. The average molecular weight is 382 g/mol. The third-order valence-electron chi connectivity index (χ3n) is 3.98. The fraction of sp³-hybridized carbons (Fsp3) is 0.500. The number of aromatic nitrogens is 4. The highest BCUT2D eigenvalue weighted by molar-refractivity contribution is 7.99. The van der Waals surface area contributed by atoms with Crippen LogP contribution < -0.4 is 5.32 Å². The number of carbonyl (C=O) groups excluding carboxylic acids is 1. The molecular formula is C16H20ClN5O2S. The number of halogens is 1. The molecule has 25 heavy (non-hydrogen) atoms. The molecule has 1 amide bonds. The summed E-state index contributed by atoms with van der Waals surface area (Å²) in [5, 5.41) is 15.9. The molecule has 3 rings (SSSR count). The second kappa shape index (κ2) is 8.64. The molecule has 2 heterocycles. The predicted molar refractivity (Wildman–Crippen MR) is 95.5 cm³/mol. The Labute approximate surface area is 155 Å². The zero-order valence-electron chi connectivity index (χ0n) is 13.9. The molecule has 1 saturated heterocycles. The first-order valence-electron chi connectivity index (χ1n) is 8.17. The number of carbonyl (C=O) groups is 1. The van der Waals surface area contributed by atoms with Gasteiger partial charge in [0.15, 0.2) is 0 Å². The maximum Gasteiger partial charge on any atom is 0.230 e. The first kappa shape index (κ1) is 18.2. The molecule has 0 radical (unpaired) electrons. The molecule has 1 fully saturated rings. The van der Waals surface area contributed by atoms with E-state index < -0.39 is 0 Å². The van der Waals surface area contributed by atoms with E-state index in [0.29, 0.717) is 16.7 Å². The van der Waals surface area contributed by atoms with Crippen molar-refractivity contribution in [1.29, 1.82) is 0 Å². The van der Waals surface area contributed by atoms with Gasteiger partial charge in [-0.25, -0.2) is 4.68 Å². The summed E-state index contributed by atoms with van der Waals surface area (Å²) in [4.78, 5) is 12.2. The van der Waals surface area contributed by atoms with E-state index in [1.807, 2.05) is 31.2 Å². The van der Waals surface area contributed by atoms with Gasteiger partial charge in [-0.1, -0.05) is 35.5 Å². The molecule has 2 atom stereocenters. The third kappa shape index (κ3) is 5.17. The fourth-order valence-corrected chi connectivity index (χ4v) is 3.47. The SMILES string of the molecule is CC(NC(=O)CSc1nnnn1CC1CCCO1)c1ccc(Cl)cc1. The van der Waals surface area contributed by atoms with E-state index in [9.17, 15) is 4.79 Å². The van der Waals surface area contributed by atoms with Gasteiger partial charge in [0.05, 0.1) is 24.4 Å². The van der Waals surface area contributed by atoms with Gasteiger partial charge in [0, 0.05) is 11.6 Å². The number of ether oxygens (including phenoxy) is 1. The Kier molecular flexibility index (Phi) is 6.28. The quantitative estimate of drug-likeness (QED) is 0.742. The molecule has 9 heteroatoms. The third-order valence-corrected chi connectivity index (χ3v) is 5.19. The molecule has 0 bridgehead atoms. The lowest BCUT2D eigenvalue weighted by Crippen LogP contribution is -2.28. The largest absolute Gasteiger partial charge is 0.376 e. The van der Waals surface area contributed by atoms with Crippen molar-refractivity contribution in [1.82, 2.24) is 25.5 Å². The number of thioether (sulfide) groups is 1. The maximum atomic E-state index is 12.2. The second-order valence-electron chi connectivity index (χ2n) is 5.91. The minimum atomic E-state index is -0.0896. The first-order valence-corrected chi connectivity index (χ1v) is 9.53. The normalized spacial score (nSPS) is 18.2. The standard InChI is InChI=1S/C16H20ClN5O2S/c1-11(12-4-6-13(17)7-5-12)18-15(23)10-25-16-19-20-21-22(16)9-14-3-2-8-24-14/h4-7,11,14H,2-3,8-10H2,1H3,(H,18,23). The Hall–Kier alpha value is -1.64. The highest BCUT2D eigenvalue weighted by Gasteiger charge is 2.19. The van der Waals surface area contributed by atoms with Crippen LogP contribution in [0.1, 0.15) is 31.4 Å². The smallest absolute Gasteiger partial charge is 0.230 e. The van der Waals surface area contributed by atoms with Crippen LogP contribution in [-0.2, 0) is 16.1 Å². The van der Waals surface area contributed by atoms with Crippen molar-refractivity contribution in [2.24, 2.45) is 0 Å². The van der Waals surface area contributed by atoms with Gasteiger partial charge in [-0.3, -0.25) is 4.79 Å². The molecule has 0 saturated carbocycles. The van der Waals surface area contributed by atoms with Crippen LogP contribution in [-0.4, -0.2) is 44.6 Å². The van der Waals surface area contributed by atoms with E-state index >= 15 is 0 Å². The average Bonchev–Trinajstić information content (AvgIpc) is 3.26. The van der Waals surface area contributed by atoms with Crippen molar-refractivity contribution in [2.75, 3.05) is 12.4 Å². The number of nitrogens with zero attached hydrogens (tertiary/aromatic N) is 4. The lowest BCUT2D eigenvalue weighted by molar-refractivity contribution is -0.119. The molecule has 2 unspecified atom stereocenters. The Morgan fingerprint density at radius 2 is 2.28 bits per heavy atom. The number of amides is 1. The summed E-state index contributed by atoms with van der Waals surface area (Å²) in [5.74, 6) is 0.184. The van der Waals surface area contributed by atoms with Crippen molar-refractivity contribution in [3.05, 3.63) is 34.9 Å². The summed E-state index contributed by atoms with van der Waals surface area (Å²) in [7, 11) is 0. The van der Waals surface area contributed by atoms with E-state index in [1.165, 1.54) is 11.8 Å². The predicted octanol–water partition coefficient (Wildman–Crippen LogP) is 2.47. The topological polar surface area (TPSA) is 81.9 Å². The van der Waals surface area contributed by atoms with Crippen LogP contribution in [0.5, 0.6) is 0 Å². The van der Waals surface area contributed by atoms with E-state index in [4.69, 9.17) is 16.3 Å². The fourth-order valence-electron chi connectivity index (χ4n) is 2.64. The summed E-state index contributed by atoms with van der Waals surface area (Å²) in [6.45, 7) is 3.35. The van der Waals surface area contributed by atoms with E-state index in [1.54, 1.807) is 4.68 Å². The van der Waals surface area contributed by atoms with Gasteiger partial charge in [-0.05, 0) is 47.9 Å². The van der Waals surface area contributed by atoms with Crippen LogP contribution >= 0.6 is 23.4 Å². The van der Waals surface area contributed by atoms with Gasteiger partial charge in [0.2, 0.25) is 11.1 Å². The number of tetrazole rings is 1. The molecule has 1 aliphatic heterocycles. The molecular weight excluding hydrogens is 362 g/mol. The van der Waals surface area contributed by atoms with Crippen molar-refractivity contribution in [3.63, 3.8) is 0 Å². The Morgan fingerprint density at radius 1 is 1.48 bits per heavy atom. The molecule has 7 nitrogen and oxygen atoms in total. The summed E-state index contributed by atoms with van der Waals surface area (Å²) in [6.07, 6.45) is 2.24. The van der Waals surface area contributed by atoms with Gasteiger partial charge >= 0.3 is 0 Å². The first-order chi connectivity index (χ1) is 12.1. The monoisotopic (exact) mass is 381 g/mol. The number of hydrogen-bond acceptors (Lipinski definition) is 6. The van der Waals surface area contributed by atoms with Crippen molar-refractivity contribution >= 4 is 29.3 Å². The zero-order valence-corrected chi connectivity index (χ0v) is 15.5. The summed E-state index contributed by atoms with van der Waals surface area (Å²) < 4.78 is 7.31. The van der Waals surface area contributed by atoms with Gasteiger partial charge in [0.25, 0.3) is 0 Å². The number of rotatable bonds is 7. The van der Waals surface area contributed by atoms with Crippen LogP contribution in [0.4, 0.5) is 0 Å². The minimum Gasteiger partial charge on any atom is -0.376 e. The van der Waals surface area contributed by atoms with Crippen molar-refractivity contribution in [3.8, 4) is 0 Å². The maximum absolute atomic E-state index is 12.2. The van der Waals surface area contributed by atoms with Crippen molar-refractivity contribution < 1.29 is 9.53 Å². The Bertz CT molecular complexity index is 703. The number of benzene rings is 1. The summed E-state index contributed by atoms with van der Waals surface area (Å²) >= 11 is 7.21. The molecule has 1 aliphatic rings. The van der Waals surface area contributed by atoms with Gasteiger partial charge in [-0.15, -0.1) is 5.10 Å². The van der Waals surface area contributed by atoms with Gasteiger partial charge in [-0.2, -0.15) is 0 Å². The molecule has 1 aromatic carbocycles. The molecule has 1 N–H and O–H groups in total. The summed E-state index contributed by atoms with van der Waals surface area (Å²) in [5.41, 5.74) is 1.01. The highest BCUT2D eigenvalue weighted by Crippen LogP contribution is 2.19. The van der Waals surface area contributed by atoms with E-state index in [0.717, 1.165) is 25.0 Å². The number of hydrogen-bond donors (Lipinski definition) is 1. The summed E-state index contributed by atoms with van der Waals surface area (Å²) in [6, 6.07) is 7.35. The van der Waals surface area contributed by atoms with Gasteiger partial charge in [0.1, 0.15) is 0 Å². The lowest BCUT2D eigenvalue weighted by Gasteiger charge is -2.14. The number of nitrogens with one attached hydrogen (secondary N) is 1. The zero-order chi connectivity index (χ0) is 17.6. The Balaban J connectivity index is 1.49. The second-order valence-corrected chi connectivity index (χ2v) is 7.29. The van der Waals surface area contributed by atoms with E-state index in [2.05, 4.69) is 20.8 Å². The molecule has 134 valence electrons.